The second-order valence-electron chi connectivity index (χ2n) is 18.8. The molecule has 0 amide bonds. The van der Waals surface area contributed by atoms with E-state index in [1.54, 1.807) is 0 Å². The smallest absolute Gasteiger partial charge is 0.135 e. The average Bonchev–Trinajstić information content (AvgIpc) is 3.76. The van der Waals surface area contributed by atoms with Gasteiger partial charge in [0.15, 0.2) is 0 Å². The molecule has 0 atom stereocenters. The minimum Gasteiger partial charge on any atom is -0.509 e. The second kappa shape index (κ2) is 15.4. The first-order valence-electron chi connectivity index (χ1n) is 20.5. The number of anilines is 4. The third kappa shape index (κ3) is 7.77. The van der Waals surface area contributed by atoms with Crippen LogP contribution in [-0.4, -0.2) is 9.55 Å². The van der Waals surface area contributed by atoms with Crippen LogP contribution in [0.25, 0.3) is 38.8 Å². The number of fused-ring (bicyclic) bond motifs is 4. The molecule has 306 valence electrons. The molecular weight excluding hydrogens is 916 g/mol. The normalized spacial score (nSPS) is 13.2. The van der Waals surface area contributed by atoms with E-state index in [0.717, 1.165) is 55.9 Å². The van der Waals surface area contributed by atoms with Crippen molar-refractivity contribution in [3.05, 3.63) is 175 Å². The van der Waals surface area contributed by atoms with Gasteiger partial charge >= 0.3 is 0 Å². The van der Waals surface area contributed by atoms with Crippen molar-refractivity contribution in [1.82, 2.24) is 9.55 Å². The van der Waals surface area contributed by atoms with Crippen molar-refractivity contribution in [2.24, 2.45) is 0 Å². The van der Waals surface area contributed by atoms with Gasteiger partial charge in [-0.2, -0.15) is 12.1 Å². The summed E-state index contributed by atoms with van der Waals surface area (Å²) in [6.07, 6.45) is 1.90. The number of ether oxygens (including phenoxy) is 1. The monoisotopic (exact) mass is 966 g/mol. The fourth-order valence-electron chi connectivity index (χ4n) is 7.92. The van der Waals surface area contributed by atoms with Crippen LogP contribution in [0.15, 0.2) is 140 Å². The van der Waals surface area contributed by atoms with Gasteiger partial charge in [0.05, 0.1) is 0 Å². The number of aromatic nitrogens is 2. The second-order valence-corrected chi connectivity index (χ2v) is 18.8. The molecule has 0 saturated heterocycles. The maximum Gasteiger partial charge on any atom is 0.135 e. The summed E-state index contributed by atoms with van der Waals surface area (Å²) >= 11 is 0. The van der Waals surface area contributed by atoms with E-state index in [1.807, 2.05) is 24.4 Å². The minimum absolute atomic E-state index is 0. The maximum atomic E-state index is 6.64. The summed E-state index contributed by atoms with van der Waals surface area (Å²) in [5.41, 5.74) is 12.3. The maximum absolute atomic E-state index is 6.64. The topological polar surface area (TPSA) is 33.5 Å². The zero-order valence-electron chi connectivity index (χ0n) is 35.9. The van der Waals surface area contributed by atoms with Crippen molar-refractivity contribution < 1.29 is 25.8 Å². The SMILES string of the molecule is CC(C)(C)c1cc(N2[CH-]N(c3[c-]c(Oc4[c-]c5c(cc4)c4ccccc4n5-c4cc(C(C)(C)C)ccn4)ccc3)c3ccc(-c4ccccc4)cc32)cc(C(C)(C)C)c1.[Pt]. The molecule has 3 heterocycles. The standard InChI is InChI=1S/C54H51N4O.Pt/c1-52(2,3)38-26-27-55-51(32-38)58-47-21-14-13-20-45(47)46-24-23-44(34-49(46)58)59-43-19-15-18-41(33-43)56-35-57(42-30-39(53(4,5)6)29-40(31-42)54(7,8)9)50-28-37(22-25-48(50)56)36-16-11-10-12-17-36;/h10-32,35H,1-9H3;/q-3;. The van der Waals surface area contributed by atoms with Crippen molar-refractivity contribution in [2.45, 2.75) is 78.6 Å². The summed E-state index contributed by atoms with van der Waals surface area (Å²) in [5.74, 6) is 2.07. The third-order valence-corrected chi connectivity index (χ3v) is 11.4. The Morgan fingerprint density at radius 3 is 1.93 bits per heavy atom. The van der Waals surface area contributed by atoms with E-state index in [-0.39, 0.29) is 37.3 Å². The van der Waals surface area contributed by atoms with E-state index in [0.29, 0.717) is 11.5 Å². The Bertz CT molecular complexity index is 2820. The Kier molecular flexibility index (Phi) is 10.6. The molecule has 5 nitrogen and oxygen atoms in total. The number of pyridine rings is 1. The molecule has 0 radical (unpaired) electrons. The first-order valence-corrected chi connectivity index (χ1v) is 20.5. The van der Waals surface area contributed by atoms with Crippen LogP contribution < -0.4 is 14.5 Å². The minimum atomic E-state index is -0.0229. The molecule has 0 aliphatic carbocycles. The molecule has 1 aliphatic heterocycles. The Morgan fingerprint density at radius 1 is 0.533 bits per heavy atom. The van der Waals surface area contributed by atoms with E-state index in [9.17, 15) is 0 Å². The summed E-state index contributed by atoms with van der Waals surface area (Å²) in [6.45, 7) is 22.6. The van der Waals surface area contributed by atoms with Crippen LogP contribution >= 0.6 is 0 Å². The molecule has 0 bridgehead atoms. The van der Waals surface area contributed by atoms with Crippen LogP contribution in [0.2, 0.25) is 0 Å². The Morgan fingerprint density at radius 2 is 1.22 bits per heavy atom. The predicted octanol–water partition coefficient (Wildman–Crippen LogP) is 14.5. The molecule has 0 spiro atoms. The average molecular weight is 967 g/mol. The molecule has 0 fully saturated rings. The molecule has 60 heavy (non-hydrogen) atoms. The van der Waals surface area contributed by atoms with Gasteiger partial charge in [0.2, 0.25) is 0 Å². The molecule has 0 unspecified atom stereocenters. The summed E-state index contributed by atoms with van der Waals surface area (Å²) in [5, 5.41) is 2.24. The first-order chi connectivity index (χ1) is 28.1. The molecule has 2 aromatic heterocycles. The van der Waals surface area contributed by atoms with Crippen molar-refractivity contribution in [3.8, 4) is 28.4 Å². The predicted molar refractivity (Wildman–Crippen MR) is 246 cm³/mol. The van der Waals surface area contributed by atoms with Gasteiger partial charge < -0.3 is 19.1 Å². The van der Waals surface area contributed by atoms with Gasteiger partial charge in [-0.1, -0.05) is 128 Å². The van der Waals surface area contributed by atoms with Crippen LogP contribution in [0.4, 0.5) is 22.7 Å². The van der Waals surface area contributed by atoms with E-state index in [4.69, 9.17) is 9.72 Å². The van der Waals surface area contributed by atoms with E-state index >= 15 is 0 Å². The largest absolute Gasteiger partial charge is 0.509 e. The zero-order chi connectivity index (χ0) is 41.3. The number of nitrogens with zero attached hydrogens (tertiary/aromatic N) is 4. The third-order valence-electron chi connectivity index (χ3n) is 11.4. The van der Waals surface area contributed by atoms with Gasteiger partial charge in [-0.3, -0.25) is 0 Å². The van der Waals surface area contributed by atoms with E-state index in [1.165, 1.54) is 22.3 Å². The van der Waals surface area contributed by atoms with E-state index in [2.05, 4.69) is 211 Å². The Labute approximate surface area is 369 Å². The first kappa shape index (κ1) is 41.1. The van der Waals surface area contributed by atoms with Gasteiger partial charge in [0.1, 0.15) is 5.82 Å². The number of benzene rings is 6. The number of para-hydroxylation sites is 1. The van der Waals surface area contributed by atoms with Crippen molar-refractivity contribution in [2.75, 3.05) is 9.80 Å². The van der Waals surface area contributed by atoms with Gasteiger partial charge in [-0.05, 0) is 91.9 Å². The molecule has 0 saturated carbocycles. The zero-order valence-corrected chi connectivity index (χ0v) is 38.1. The van der Waals surface area contributed by atoms with Gasteiger partial charge in [0.25, 0.3) is 0 Å². The van der Waals surface area contributed by atoms with Gasteiger partial charge in [-0.15, -0.1) is 48.1 Å². The molecule has 9 rings (SSSR count). The van der Waals surface area contributed by atoms with Crippen LogP contribution in [0.5, 0.6) is 11.5 Å². The van der Waals surface area contributed by atoms with Crippen LogP contribution in [0, 0.1) is 18.8 Å². The summed E-state index contributed by atoms with van der Waals surface area (Å²) in [4.78, 5) is 9.40. The molecule has 6 aromatic carbocycles. The molecule has 0 N–H and O–H groups in total. The molecule has 8 aromatic rings. The number of hydrogen-bond acceptors (Lipinski definition) is 4. The Balaban J connectivity index is 0.00000499. The van der Waals surface area contributed by atoms with Gasteiger partial charge in [-0.25, -0.2) is 4.98 Å². The van der Waals surface area contributed by atoms with Crippen molar-refractivity contribution in [1.29, 1.82) is 0 Å². The summed E-state index contributed by atoms with van der Waals surface area (Å²) in [7, 11) is 0. The van der Waals surface area contributed by atoms with Crippen molar-refractivity contribution >= 4 is 44.6 Å². The quantitative estimate of drug-likeness (QED) is 0.156. The summed E-state index contributed by atoms with van der Waals surface area (Å²) < 4.78 is 8.83. The number of rotatable bonds is 6. The van der Waals surface area contributed by atoms with Gasteiger partial charge in [0, 0.05) is 61.3 Å². The fourth-order valence-corrected chi connectivity index (χ4v) is 7.92. The molecule has 6 heteroatoms. The van der Waals surface area contributed by atoms with E-state index < -0.39 is 0 Å². The van der Waals surface area contributed by atoms with Crippen LogP contribution in [-0.2, 0) is 37.3 Å². The molecular formula is C54H51N4OPt-3. The van der Waals surface area contributed by atoms with Crippen LogP contribution in [0.1, 0.15) is 79.0 Å². The number of hydrogen-bond donors (Lipinski definition) is 0. The Hall–Kier alpha value is -5.64. The van der Waals surface area contributed by atoms with Crippen molar-refractivity contribution in [3.63, 3.8) is 0 Å². The van der Waals surface area contributed by atoms with Crippen LogP contribution in [0.3, 0.4) is 0 Å². The summed E-state index contributed by atoms with van der Waals surface area (Å²) in [6, 6.07) is 54.6. The molecule has 1 aliphatic rings. The fraction of sp³-hybridized carbons (Fsp3) is 0.222.